The summed E-state index contributed by atoms with van der Waals surface area (Å²) < 4.78 is 9.11. The molecule has 0 saturated carbocycles. The Balaban J connectivity index is 1.58. The Labute approximate surface area is 166 Å². The highest BCUT2D eigenvalue weighted by molar-refractivity contribution is 7.98. The number of hydrogen-bond acceptors (Lipinski definition) is 5. The molecule has 0 saturated heterocycles. The first-order valence-electron chi connectivity index (χ1n) is 8.42. The van der Waals surface area contributed by atoms with E-state index in [9.17, 15) is 0 Å². The first-order chi connectivity index (χ1) is 13.1. The summed E-state index contributed by atoms with van der Waals surface area (Å²) in [6.45, 7) is 3.89. The van der Waals surface area contributed by atoms with Crippen LogP contribution in [0.15, 0.2) is 52.2 Å². The van der Waals surface area contributed by atoms with Gasteiger partial charge in [-0.3, -0.25) is 0 Å². The maximum atomic E-state index is 6.61. The van der Waals surface area contributed by atoms with Crippen LogP contribution in [0.4, 0.5) is 0 Å². The third-order valence-electron chi connectivity index (χ3n) is 4.40. The number of aromatic nitrogens is 5. The van der Waals surface area contributed by atoms with Crippen molar-refractivity contribution < 1.29 is 4.42 Å². The highest BCUT2D eigenvalue weighted by Gasteiger charge is 2.18. The summed E-state index contributed by atoms with van der Waals surface area (Å²) in [5.41, 5.74) is 3.79. The zero-order valence-corrected chi connectivity index (χ0v) is 16.8. The van der Waals surface area contributed by atoms with E-state index in [1.807, 2.05) is 61.9 Å². The van der Waals surface area contributed by atoms with Crippen molar-refractivity contribution >= 4 is 23.4 Å². The van der Waals surface area contributed by atoms with Crippen molar-refractivity contribution in [1.82, 2.24) is 24.5 Å². The predicted molar refractivity (Wildman–Crippen MR) is 106 cm³/mol. The quantitative estimate of drug-likeness (QED) is 0.450. The van der Waals surface area contributed by atoms with Gasteiger partial charge in [0.25, 0.3) is 0 Å². The summed E-state index contributed by atoms with van der Waals surface area (Å²) in [6.07, 6.45) is 1.66. The van der Waals surface area contributed by atoms with Crippen LogP contribution >= 0.6 is 23.4 Å². The maximum absolute atomic E-state index is 6.61. The summed E-state index contributed by atoms with van der Waals surface area (Å²) in [7, 11) is 1.95. The minimum absolute atomic E-state index is 0.624. The van der Waals surface area contributed by atoms with Crippen molar-refractivity contribution in [3.8, 4) is 17.1 Å². The zero-order chi connectivity index (χ0) is 19.0. The fraction of sp³-hybridized carbons (Fsp3) is 0.211. The molecule has 8 heteroatoms. The molecule has 0 bridgehead atoms. The molecule has 0 N–H and O–H groups in total. The van der Waals surface area contributed by atoms with Gasteiger partial charge in [-0.2, -0.15) is 5.10 Å². The molecule has 4 aromatic rings. The maximum Gasteiger partial charge on any atom is 0.191 e. The summed E-state index contributed by atoms with van der Waals surface area (Å²) in [5, 5.41) is 14.6. The highest BCUT2D eigenvalue weighted by Crippen LogP contribution is 2.31. The molecule has 0 spiro atoms. The van der Waals surface area contributed by atoms with Crippen LogP contribution in [-0.4, -0.2) is 24.5 Å². The number of aryl methyl sites for hydroxylation is 2. The first-order valence-corrected chi connectivity index (χ1v) is 9.78. The van der Waals surface area contributed by atoms with Gasteiger partial charge in [0.1, 0.15) is 10.9 Å². The van der Waals surface area contributed by atoms with Crippen molar-refractivity contribution in [1.29, 1.82) is 0 Å². The average molecular weight is 400 g/mol. The lowest BCUT2D eigenvalue weighted by Crippen LogP contribution is -1.96. The molecule has 27 heavy (non-hydrogen) atoms. The second kappa shape index (κ2) is 7.25. The van der Waals surface area contributed by atoms with Crippen LogP contribution in [0.1, 0.15) is 17.0 Å². The topological polar surface area (TPSA) is 61.7 Å². The standard InChI is InChI=1S/C19H18ClN5OS/c1-12-16(17(20)25(23-12)14-7-5-4-6-8-14)11-27-19-22-21-18(24(19)3)15-9-10-26-13(15)2/h4-10H,11H2,1-3H3. The predicted octanol–water partition coefficient (Wildman–Crippen LogP) is 4.82. The molecule has 138 valence electrons. The summed E-state index contributed by atoms with van der Waals surface area (Å²) in [6, 6.07) is 11.8. The molecule has 0 fully saturated rings. The molecule has 0 radical (unpaired) electrons. The molecule has 0 aliphatic rings. The van der Waals surface area contributed by atoms with E-state index >= 15 is 0 Å². The van der Waals surface area contributed by atoms with E-state index in [0.717, 1.165) is 39.2 Å². The Morgan fingerprint density at radius 2 is 1.89 bits per heavy atom. The Hall–Kier alpha value is -2.51. The van der Waals surface area contributed by atoms with Gasteiger partial charge in [-0.05, 0) is 32.0 Å². The van der Waals surface area contributed by atoms with Gasteiger partial charge in [0.05, 0.1) is 23.2 Å². The van der Waals surface area contributed by atoms with Crippen LogP contribution in [0.2, 0.25) is 5.15 Å². The largest absolute Gasteiger partial charge is 0.469 e. The monoisotopic (exact) mass is 399 g/mol. The molecule has 0 amide bonds. The van der Waals surface area contributed by atoms with Crippen molar-refractivity contribution in [2.45, 2.75) is 24.8 Å². The molecular weight excluding hydrogens is 382 g/mol. The molecule has 1 aromatic carbocycles. The SMILES string of the molecule is Cc1nn(-c2ccccc2)c(Cl)c1CSc1nnc(-c2ccoc2C)n1C. The molecule has 6 nitrogen and oxygen atoms in total. The number of thioether (sulfide) groups is 1. The average Bonchev–Trinajstić information content (AvgIpc) is 3.33. The van der Waals surface area contributed by atoms with E-state index in [0.29, 0.717) is 10.9 Å². The number of rotatable bonds is 5. The Morgan fingerprint density at radius 3 is 2.59 bits per heavy atom. The van der Waals surface area contributed by atoms with Gasteiger partial charge < -0.3 is 8.98 Å². The Kier molecular flexibility index (Phi) is 4.80. The van der Waals surface area contributed by atoms with E-state index < -0.39 is 0 Å². The number of furan rings is 1. The van der Waals surface area contributed by atoms with E-state index in [-0.39, 0.29) is 0 Å². The Morgan fingerprint density at radius 1 is 1.11 bits per heavy atom. The van der Waals surface area contributed by atoms with E-state index in [2.05, 4.69) is 15.3 Å². The van der Waals surface area contributed by atoms with Gasteiger partial charge in [0.15, 0.2) is 11.0 Å². The molecule has 0 aliphatic heterocycles. The smallest absolute Gasteiger partial charge is 0.191 e. The molecule has 0 atom stereocenters. The van der Waals surface area contributed by atoms with Crippen LogP contribution in [0, 0.1) is 13.8 Å². The molecular formula is C19H18ClN5OS. The van der Waals surface area contributed by atoms with Crippen LogP contribution in [0.25, 0.3) is 17.1 Å². The second-order valence-corrected chi connectivity index (χ2v) is 7.45. The summed E-state index contributed by atoms with van der Waals surface area (Å²) in [5.74, 6) is 2.27. The van der Waals surface area contributed by atoms with Gasteiger partial charge in [0.2, 0.25) is 0 Å². The molecule has 3 aromatic heterocycles. The fourth-order valence-corrected chi connectivity index (χ4v) is 4.28. The third-order valence-corrected chi connectivity index (χ3v) is 5.84. The van der Waals surface area contributed by atoms with Crippen molar-refractivity contribution in [2.24, 2.45) is 7.05 Å². The van der Waals surface area contributed by atoms with Gasteiger partial charge in [0, 0.05) is 18.4 Å². The van der Waals surface area contributed by atoms with Gasteiger partial charge in [-0.1, -0.05) is 41.6 Å². The van der Waals surface area contributed by atoms with Crippen LogP contribution in [0.5, 0.6) is 0 Å². The molecule has 4 rings (SSSR count). The lowest BCUT2D eigenvalue weighted by Gasteiger charge is -2.04. The van der Waals surface area contributed by atoms with Gasteiger partial charge in [-0.15, -0.1) is 10.2 Å². The zero-order valence-electron chi connectivity index (χ0n) is 15.2. The van der Waals surface area contributed by atoms with E-state index in [1.54, 1.807) is 22.7 Å². The first kappa shape index (κ1) is 17.9. The van der Waals surface area contributed by atoms with Crippen molar-refractivity contribution in [3.63, 3.8) is 0 Å². The summed E-state index contributed by atoms with van der Waals surface area (Å²) >= 11 is 8.19. The summed E-state index contributed by atoms with van der Waals surface area (Å²) in [4.78, 5) is 0. The fourth-order valence-electron chi connectivity index (χ4n) is 2.86. The number of nitrogens with zero attached hydrogens (tertiary/aromatic N) is 5. The van der Waals surface area contributed by atoms with Crippen molar-refractivity contribution in [3.05, 3.63) is 64.8 Å². The lowest BCUT2D eigenvalue weighted by atomic mass is 10.2. The minimum atomic E-state index is 0.624. The van der Waals surface area contributed by atoms with Crippen LogP contribution in [-0.2, 0) is 12.8 Å². The van der Waals surface area contributed by atoms with Crippen LogP contribution in [0.3, 0.4) is 0 Å². The number of benzene rings is 1. The molecule has 0 aliphatic carbocycles. The van der Waals surface area contributed by atoms with Gasteiger partial charge >= 0.3 is 0 Å². The minimum Gasteiger partial charge on any atom is -0.469 e. The normalized spacial score (nSPS) is 11.3. The van der Waals surface area contributed by atoms with Crippen LogP contribution < -0.4 is 0 Å². The number of hydrogen-bond donors (Lipinski definition) is 0. The molecule has 3 heterocycles. The third kappa shape index (κ3) is 3.28. The lowest BCUT2D eigenvalue weighted by molar-refractivity contribution is 0.534. The number of halogens is 1. The van der Waals surface area contributed by atoms with E-state index in [1.165, 1.54) is 0 Å². The van der Waals surface area contributed by atoms with Gasteiger partial charge in [-0.25, -0.2) is 4.68 Å². The highest BCUT2D eigenvalue weighted by atomic mass is 35.5. The van der Waals surface area contributed by atoms with Crippen molar-refractivity contribution in [2.75, 3.05) is 0 Å². The molecule has 0 unspecified atom stereocenters. The number of para-hydroxylation sites is 1. The Bertz CT molecular complexity index is 1080. The van der Waals surface area contributed by atoms with E-state index in [4.69, 9.17) is 16.0 Å². The second-order valence-electron chi connectivity index (χ2n) is 6.15.